The van der Waals surface area contributed by atoms with Crippen molar-refractivity contribution >= 4 is 0 Å². The zero-order valence-corrected chi connectivity index (χ0v) is 11.3. The van der Waals surface area contributed by atoms with E-state index in [1.54, 1.807) is 0 Å². The van der Waals surface area contributed by atoms with Gasteiger partial charge in [0.05, 0.1) is 6.61 Å². The minimum absolute atomic E-state index is 0.0834. The fourth-order valence-corrected chi connectivity index (χ4v) is 1.95. The first-order chi connectivity index (χ1) is 9.31. The molecule has 0 fully saturated rings. The summed E-state index contributed by atoms with van der Waals surface area (Å²) in [5.41, 5.74) is 3.38. The number of benzene rings is 2. The molecule has 0 amide bonds. The monoisotopic (exact) mass is 256 g/mol. The summed E-state index contributed by atoms with van der Waals surface area (Å²) in [4.78, 5) is 0. The van der Waals surface area contributed by atoms with Crippen LogP contribution in [-0.2, 0) is 19.6 Å². The number of ether oxygens (including phenoxy) is 1. The molecule has 0 saturated carbocycles. The summed E-state index contributed by atoms with van der Waals surface area (Å²) in [7, 11) is 0. The topological polar surface area (TPSA) is 29.5 Å². The molecular formula is C17H20O2. The van der Waals surface area contributed by atoms with E-state index >= 15 is 0 Å². The summed E-state index contributed by atoms with van der Waals surface area (Å²) in [5, 5.41) is 8.97. The van der Waals surface area contributed by atoms with Gasteiger partial charge in [-0.15, -0.1) is 0 Å². The number of hydrogen-bond acceptors (Lipinski definition) is 2. The largest absolute Gasteiger partial charge is 0.489 e. The third kappa shape index (κ3) is 4.11. The predicted molar refractivity (Wildman–Crippen MR) is 77.1 cm³/mol. The van der Waals surface area contributed by atoms with Crippen LogP contribution in [0.4, 0.5) is 0 Å². The molecule has 2 nitrogen and oxygen atoms in total. The molecule has 0 atom stereocenters. The molecular weight excluding hydrogens is 236 g/mol. The molecule has 0 aliphatic rings. The van der Waals surface area contributed by atoms with Crippen molar-refractivity contribution in [3.05, 3.63) is 65.2 Å². The lowest BCUT2D eigenvalue weighted by atomic mass is 10.1. The van der Waals surface area contributed by atoms with Crippen LogP contribution in [0.25, 0.3) is 0 Å². The number of rotatable bonds is 6. The maximum absolute atomic E-state index is 8.97. The first-order valence-corrected chi connectivity index (χ1v) is 6.72. The van der Waals surface area contributed by atoms with Crippen molar-refractivity contribution < 1.29 is 9.84 Å². The summed E-state index contributed by atoms with van der Waals surface area (Å²) in [6.45, 7) is 2.82. The van der Waals surface area contributed by atoms with Gasteiger partial charge in [0.1, 0.15) is 12.4 Å². The Morgan fingerprint density at radius 3 is 2.00 bits per heavy atom. The van der Waals surface area contributed by atoms with Crippen LogP contribution in [0.1, 0.15) is 30.0 Å². The molecule has 2 aromatic carbocycles. The van der Waals surface area contributed by atoms with Gasteiger partial charge in [0.15, 0.2) is 0 Å². The van der Waals surface area contributed by atoms with E-state index in [-0.39, 0.29) is 6.61 Å². The van der Waals surface area contributed by atoms with Crippen LogP contribution < -0.4 is 4.74 Å². The summed E-state index contributed by atoms with van der Waals surface area (Å²) < 4.78 is 5.74. The van der Waals surface area contributed by atoms with Gasteiger partial charge in [0.2, 0.25) is 0 Å². The molecule has 0 heterocycles. The van der Waals surface area contributed by atoms with Gasteiger partial charge in [-0.2, -0.15) is 0 Å². The highest BCUT2D eigenvalue weighted by molar-refractivity contribution is 5.28. The van der Waals surface area contributed by atoms with E-state index in [2.05, 4.69) is 19.1 Å². The zero-order valence-electron chi connectivity index (χ0n) is 11.3. The van der Waals surface area contributed by atoms with Gasteiger partial charge in [-0.3, -0.25) is 0 Å². The number of aryl methyl sites for hydroxylation is 1. The first-order valence-electron chi connectivity index (χ1n) is 6.72. The van der Waals surface area contributed by atoms with Gasteiger partial charge in [0, 0.05) is 0 Å². The van der Waals surface area contributed by atoms with Gasteiger partial charge in [-0.1, -0.05) is 49.7 Å². The molecule has 19 heavy (non-hydrogen) atoms. The second-order valence-electron chi connectivity index (χ2n) is 4.66. The maximum atomic E-state index is 8.97. The average Bonchev–Trinajstić information content (AvgIpc) is 2.47. The van der Waals surface area contributed by atoms with Gasteiger partial charge in [-0.25, -0.2) is 0 Å². The molecule has 0 aromatic heterocycles. The van der Waals surface area contributed by atoms with Crippen LogP contribution in [-0.4, -0.2) is 5.11 Å². The molecule has 2 rings (SSSR count). The van der Waals surface area contributed by atoms with Gasteiger partial charge >= 0.3 is 0 Å². The highest BCUT2D eigenvalue weighted by atomic mass is 16.5. The minimum atomic E-state index is 0.0834. The van der Waals surface area contributed by atoms with Gasteiger partial charge in [0.25, 0.3) is 0 Å². The minimum Gasteiger partial charge on any atom is -0.489 e. The number of hydrogen-bond donors (Lipinski definition) is 1. The van der Waals surface area contributed by atoms with Crippen molar-refractivity contribution in [1.82, 2.24) is 0 Å². The van der Waals surface area contributed by atoms with Crippen molar-refractivity contribution in [3.63, 3.8) is 0 Å². The van der Waals surface area contributed by atoms with Crippen LogP contribution in [0.3, 0.4) is 0 Å². The van der Waals surface area contributed by atoms with Crippen LogP contribution in [0, 0.1) is 0 Å². The van der Waals surface area contributed by atoms with Gasteiger partial charge in [-0.05, 0) is 35.2 Å². The second kappa shape index (κ2) is 6.95. The number of aliphatic hydroxyl groups is 1. The van der Waals surface area contributed by atoms with Crippen LogP contribution in [0.5, 0.6) is 5.75 Å². The Morgan fingerprint density at radius 1 is 0.842 bits per heavy atom. The molecule has 0 radical (unpaired) electrons. The molecule has 0 spiro atoms. The van der Waals surface area contributed by atoms with Crippen molar-refractivity contribution in [1.29, 1.82) is 0 Å². The molecule has 0 bridgehead atoms. The van der Waals surface area contributed by atoms with E-state index in [0.717, 1.165) is 29.7 Å². The lowest BCUT2D eigenvalue weighted by Crippen LogP contribution is -1.96. The van der Waals surface area contributed by atoms with E-state index < -0.39 is 0 Å². The Morgan fingerprint density at radius 2 is 1.42 bits per heavy atom. The van der Waals surface area contributed by atoms with Crippen molar-refractivity contribution in [2.45, 2.75) is 33.0 Å². The van der Waals surface area contributed by atoms with Crippen LogP contribution in [0.2, 0.25) is 0 Å². The summed E-state index contributed by atoms with van der Waals surface area (Å²) in [6, 6.07) is 16.1. The smallest absolute Gasteiger partial charge is 0.119 e. The first kappa shape index (κ1) is 13.6. The van der Waals surface area contributed by atoms with Crippen molar-refractivity contribution in [3.8, 4) is 5.75 Å². The molecule has 1 N–H and O–H groups in total. The third-order valence-corrected chi connectivity index (χ3v) is 3.07. The fraction of sp³-hybridized carbons (Fsp3) is 0.294. The molecule has 0 saturated heterocycles. The van der Waals surface area contributed by atoms with E-state index in [9.17, 15) is 0 Å². The normalized spacial score (nSPS) is 10.4. The maximum Gasteiger partial charge on any atom is 0.119 e. The van der Waals surface area contributed by atoms with E-state index in [0.29, 0.717) is 6.61 Å². The van der Waals surface area contributed by atoms with Gasteiger partial charge < -0.3 is 9.84 Å². The lowest BCUT2D eigenvalue weighted by Gasteiger charge is -2.07. The Hall–Kier alpha value is -1.80. The molecule has 0 unspecified atom stereocenters. The van der Waals surface area contributed by atoms with Crippen LogP contribution >= 0.6 is 0 Å². The Kier molecular flexibility index (Phi) is 4.99. The standard InChI is InChI=1S/C17H20O2/c1-2-3-14-8-10-17(11-9-14)19-13-16-6-4-15(12-18)5-7-16/h4-11,18H,2-3,12-13H2,1H3. The van der Waals surface area contributed by atoms with E-state index in [1.807, 2.05) is 36.4 Å². The zero-order chi connectivity index (χ0) is 13.5. The highest BCUT2D eigenvalue weighted by Crippen LogP contribution is 2.15. The van der Waals surface area contributed by atoms with E-state index in [4.69, 9.17) is 9.84 Å². The van der Waals surface area contributed by atoms with Crippen molar-refractivity contribution in [2.24, 2.45) is 0 Å². The molecule has 2 heteroatoms. The Labute approximate surface area is 114 Å². The highest BCUT2D eigenvalue weighted by Gasteiger charge is 1.97. The molecule has 0 aliphatic heterocycles. The fourth-order valence-electron chi connectivity index (χ4n) is 1.95. The van der Waals surface area contributed by atoms with Crippen molar-refractivity contribution in [2.75, 3.05) is 0 Å². The predicted octanol–water partition coefficient (Wildman–Crippen LogP) is 3.71. The van der Waals surface area contributed by atoms with E-state index in [1.165, 1.54) is 5.56 Å². The third-order valence-electron chi connectivity index (χ3n) is 3.07. The summed E-state index contributed by atoms with van der Waals surface area (Å²) >= 11 is 0. The van der Waals surface area contributed by atoms with Crippen LogP contribution in [0.15, 0.2) is 48.5 Å². The molecule has 100 valence electrons. The molecule has 2 aromatic rings. The number of aliphatic hydroxyl groups excluding tert-OH is 1. The Balaban J connectivity index is 1.90. The lowest BCUT2D eigenvalue weighted by molar-refractivity contribution is 0.281. The Bertz CT molecular complexity index is 486. The quantitative estimate of drug-likeness (QED) is 0.853. The summed E-state index contributed by atoms with van der Waals surface area (Å²) in [5.74, 6) is 0.895. The SMILES string of the molecule is CCCc1ccc(OCc2ccc(CO)cc2)cc1. The molecule has 0 aliphatic carbocycles. The second-order valence-corrected chi connectivity index (χ2v) is 4.66. The summed E-state index contributed by atoms with van der Waals surface area (Å²) in [6.07, 6.45) is 2.28. The average molecular weight is 256 g/mol.